The van der Waals surface area contributed by atoms with E-state index in [0.717, 1.165) is 10.2 Å². The van der Waals surface area contributed by atoms with Crippen LogP contribution in [0.2, 0.25) is 0 Å². The summed E-state index contributed by atoms with van der Waals surface area (Å²) >= 11 is 5.44. The molecule has 0 bridgehead atoms. The van der Waals surface area contributed by atoms with Crippen molar-refractivity contribution in [3.63, 3.8) is 0 Å². The summed E-state index contributed by atoms with van der Waals surface area (Å²) in [5.41, 5.74) is 7.71. The molecular formula is C24H20BrNS. The van der Waals surface area contributed by atoms with Crippen LogP contribution >= 0.6 is 27.3 Å². The lowest BCUT2D eigenvalue weighted by molar-refractivity contribution is 0.700. The van der Waals surface area contributed by atoms with Crippen molar-refractivity contribution in [3.8, 4) is 22.4 Å². The van der Waals surface area contributed by atoms with Crippen LogP contribution in [0.5, 0.6) is 0 Å². The predicted octanol–water partition coefficient (Wildman–Crippen LogP) is 7.58. The summed E-state index contributed by atoms with van der Waals surface area (Å²) < 4.78 is 1.10. The van der Waals surface area contributed by atoms with Crippen molar-refractivity contribution in [2.24, 2.45) is 0 Å². The van der Waals surface area contributed by atoms with E-state index in [1.807, 2.05) is 11.3 Å². The van der Waals surface area contributed by atoms with Crippen LogP contribution in [-0.2, 0) is 12.8 Å². The molecule has 134 valence electrons. The fourth-order valence-corrected chi connectivity index (χ4v) is 5.62. The number of fused-ring (bicyclic) bond motifs is 3. The Morgan fingerprint density at radius 1 is 0.926 bits per heavy atom. The van der Waals surface area contributed by atoms with E-state index in [9.17, 15) is 0 Å². The van der Waals surface area contributed by atoms with Crippen LogP contribution in [0.15, 0.2) is 59.1 Å². The fourth-order valence-electron chi connectivity index (χ4n) is 4.07. The zero-order valence-corrected chi connectivity index (χ0v) is 17.7. The normalized spacial score (nSPS) is 13.7. The van der Waals surface area contributed by atoms with Gasteiger partial charge in [0, 0.05) is 20.3 Å². The Bertz CT molecular complexity index is 1140. The first-order chi connectivity index (χ1) is 13.2. The van der Waals surface area contributed by atoms with Gasteiger partial charge in [-0.3, -0.25) is 0 Å². The van der Waals surface area contributed by atoms with Gasteiger partial charge in [-0.15, -0.1) is 11.3 Å². The van der Waals surface area contributed by atoms with E-state index in [-0.39, 0.29) is 0 Å². The van der Waals surface area contributed by atoms with Gasteiger partial charge in [0.25, 0.3) is 0 Å². The number of benzene rings is 2. The number of thiophene rings is 1. The molecule has 5 rings (SSSR count). The van der Waals surface area contributed by atoms with Gasteiger partial charge >= 0.3 is 0 Å². The summed E-state index contributed by atoms with van der Waals surface area (Å²) in [5.74, 6) is 0. The Kier molecular flexibility index (Phi) is 4.37. The second-order valence-corrected chi connectivity index (χ2v) is 9.32. The van der Waals surface area contributed by atoms with Gasteiger partial charge in [-0.1, -0.05) is 57.9 Å². The predicted molar refractivity (Wildman–Crippen MR) is 120 cm³/mol. The number of halogens is 1. The first kappa shape index (κ1) is 17.2. The molecule has 0 amide bonds. The van der Waals surface area contributed by atoms with Crippen molar-refractivity contribution in [2.75, 3.05) is 0 Å². The molecule has 0 aliphatic heterocycles. The minimum atomic E-state index is 1.06. The third kappa shape index (κ3) is 3.13. The van der Waals surface area contributed by atoms with E-state index in [0.29, 0.717) is 0 Å². The quantitative estimate of drug-likeness (QED) is 0.317. The number of pyridine rings is 1. The Balaban J connectivity index is 1.81. The Morgan fingerprint density at radius 3 is 2.56 bits per heavy atom. The Labute approximate surface area is 172 Å². The van der Waals surface area contributed by atoms with Gasteiger partial charge in [-0.2, -0.15) is 0 Å². The van der Waals surface area contributed by atoms with Gasteiger partial charge in [-0.05, 0) is 67.5 Å². The summed E-state index contributed by atoms with van der Waals surface area (Å²) in [7, 11) is 0. The molecule has 1 nitrogen and oxygen atoms in total. The van der Waals surface area contributed by atoms with Crippen molar-refractivity contribution in [2.45, 2.75) is 32.6 Å². The molecule has 0 saturated carbocycles. The van der Waals surface area contributed by atoms with Gasteiger partial charge in [0.2, 0.25) is 0 Å². The second-order valence-electron chi connectivity index (χ2n) is 7.32. The van der Waals surface area contributed by atoms with Crippen molar-refractivity contribution in [1.29, 1.82) is 0 Å². The number of nitrogens with zero attached hydrogens (tertiary/aromatic N) is 1. The van der Waals surface area contributed by atoms with E-state index in [1.54, 1.807) is 10.4 Å². The summed E-state index contributed by atoms with van der Waals surface area (Å²) in [6, 6.07) is 19.6. The van der Waals surface area contributed by atoms with Crippen molar-refractivity contribution >= 4 is 37.5 Å². The van der Waals surface area contributed by atoms with Crippen molar-refractivity contribution in [1.82, 2.24) is 4.98 Å². The number of hydrogen-bond donors (Lipinski definition) is 0. The van der Waals surface area contributed by atoms with Crippen LogP contribution in [0.4, 0.5) is 0 Å². The van der Waals surface area contributed by atoms with Crippen molar-refractivity contribution < 1.29 is 0 Å². The molecule has 27 heavy (non-hydrogen) atoms. The highest BCUT2D eigenvalue weighted by Gasteiger charge is 2.21. The van der Waals surface area contributed by atoms with E-state index in [2.05, 4.69) is 77.5 Å². The monoisotopic (exact) mass is 433 g/mol. The average molecular weight is 434 g/mol. The highest BCUT2D eigenvalue weighted by atomic mass is 79.9. The summed E-state index contributed by atoms with van der Waals surface area (Å²) in [4.78, 5) is 7.83. The third-order valence-corrected chi connectivity index (χ3v) is 7.11. The number of hydrogen-bond acceptors (Lipinski definition) is 2. The minimum absolute atomic E-state index is 1.06. The first-order valence-corrected chi connectivity index (χ1v) is 11.1. The maximum atomic E-state index is 5.09. The molecular weight excluding hydrogens is 414 g/mol. The molecule has 0 fully saturated rings. The maximum Gasteiger partial charge on any atom is 0.125 e. The highest BCUT2D eigenvalue weighted by molar-refractivity contribution is 9.10. The van der Waals surface area contributed by atoms with Gasteiger partial charge in [0.05, 0.1) is 5.69 Å². The topological polar surface area (TPSA) is 12.9 Å². The minimum Gasteiger partial charge on any atom is -0.237 e. The molecule has 2 aromatic heterocycles. The van der Waals surface area contributed by atoms with Crippen LogP contribution < -0.4 is 0 Å². The van der Waals surface area contributed by atoms with Gasteiger partial charge < -0.3 is 0 Å². The molecule has 1 aliphatic rings. The highest BCUT2D eigenvalue weighted by Crippen LogP contribution is 2.42. The molecule has 2 aromatic carbocycles. The Morgan fingerprint density at radius 2 is 1.74 bits per heavy atom. The maximum absolute atomic E-state index is 5.09. The number of aryl methyl sites for hydroxylation is 3. The molecule has 0 spiro atoms. The molecule has 4 aromatic rings. The van der Waals surface area contributed by atoms with Crippen LogP contribution in [0.3, 0.4) is 0 Å². The summed E-state index contributed by atoms with van der Waals surface area (Å²) in [6.07, 6.45) is 4.99. The zero-order chi connectivity index (χ0) is 18.4. The van der Waals surface area contributed by atoms with E-state index >= 15 is 0 Å². The molecule has 0 atom stereocenters. The lowest BCUT2D eigenvalue weighted by Gasteiger charge is -2.13. The number of aromatic nitrogens is 1. The lowest BCUT2D eigenvalue weighted by Crippen LogP contribution is -1.99. The number of rotatable bonds is 2. The molecule has 0 saturated heterocycles. The van der Waals surface area contributed by atoms with Crippen LogP contribution in [0.1, 0.15) is 28.8 Å². The van der Waals surface area contributed by atoms with E-state index in [1.165, 1.54) is 58.2 Å². The largest absolute Gasteiger partial charge is 0.237 e. The summed E-state index contributed by atoms with van der Waals surface area (Å²) in [6.45, 7) is 2.17. The van der Waals surface area contributed by atoms with E-state index < -0.39 is 0 Å². The van der Waals surface area contributed by atoms with Crippen molar-refractivity contribution in [3.05, 3.63) is 75.1 Å². The molecule has 0 N–H and O–H groups in total. The third-order valence-electron chi connectivity index (χ3n) is 5.39. The van der Waals surface area contributed by atoms with E-state index in [4.69, 9.17) is 4.98 Å². The zero-order valence-electron chi connectivity index (χ0n) is 15.3. The smallest absolute Gasteiger partial charge is 0.125 e. The molecule has 2 heterocycles. The van der Waals surface area contributed by atoms with Gasteiger partial charge in [0.1, 0.15) is 4.83 Å². The lowest BCUT2D eigenvalue weighted by atomic mass is 9.91. The first-order valence-electron chi connectivity index (χ1n) is 9.47. The Hall–Kier alpha value is -1.97. The SMILES string of the molecule is Cc1cccc(-c2cc(-c3ccc(Br)cc3)nc3sc4c(c23)CCCC4)c1. The molecule has 0 unspecified atom stereocenters. The average Bonchev–Trinajstić information content (AvgIpc) is 3.06. The fraction of sp³-hybridized carbons (Fsp3) is 0.208. The molecule has 3 heteroatoms. The van der Waals surface area contributed by atoms with Gasteiger partial charge in [-0.25, -0.2) is 4.98 Å². The molecule has 1 aliphatic carbocycles. The van der Waals surface area contributed by atoms with Crippen LogP contribution in [-0.4, -0.2) is 4.98 Å². The van der Waals surface area contributed by atoms with Gasteiger partial charge in [0.15, 0.2) is 0 Å². The molecule has 0 radical (unpaired) electrons. The standard InChI is InChI=1S/C24H20BrNS/c1-15-5-4-6-17(13-15)20-14-21(16-9-11-18(25)12-10-16)26-24-23(20)19-7-2-3-8-22(19)27-24/h4-6,9-14H,2-3,7-8H2,1H3. The second kappa shape index (κ2) is 6.88. The summed E-state index contributed by atoms with van der Waals surface area (Å²) in [5, 5.41) is 1.39. The van der Waals surface area contributed by atoms with Crippen LogP contribution in [0.25, 0.3) is 32.6 Å². The van der Waals surface area contributed by atoms with Crippen LogP contribution in [0, 0.1) is 6.92 Å².